The van der Waals surface area contributed by atoms with Gasteiger partial charge in [-0.25, -0.2) is 8.42 Å². The van der Waals surface area contributed by atoms with Gasteiger partial charge in [-0.15, -0.1) is 0 Å². The number of anilines is 2. The van der Waals surface area contributed by atoms with Gasteiger partial charge < -0.3 is 11.1 Å². The standard InChI is InChI=1S/C18H22N4O3S/c1-13-4-5-15(19)11-17(13)21-18(23)14-6-9-22(10-7-14)26(24,25)16-3-2-8-20-12-16/h2-5,8,11-12,14H,6-7,9-10,19H2,1H3,(H,21,23). The van der Waals surface area contributed by atoms with Crippen LogP contribution in [0, 0.1) is 12.8 Å². The Morgan fingerprint density at radius 2 is 2.00 bits per heavy atom. The van der Waals surface area contributed by atoms with Gasteiger partial charge in [0, 0.05) is 42.8 Å². The van der Waals surface area contributed by atoms with Crippen LogP contribution in [0.25, 0.3) is 0 Å². The van der Waals surface area contributed by atoms with Gasteiger partial charge in [-0.3, -0.25) is 9.78 Å². The zero-order chi connectivity index (χ0) is 18.7. The van der Waals surface area contributed by atoms with Gasteiger partial charge in [0.2, 0.25) is 15.9 Å². The first-order chi connectivity index (χ1) is 12.4. The fraction of sp³-hybridized carbons (Fsp3) is 0.333. The molecule has 1 aliphatic rings. The number of sulfonamides is 1. The highest BCUT2D eigenvalue weighted by Gasteiger charge is 2.32. The van der Waals surface area contributed by atoms with Crippen LogP contribution in [-0.2, 0) is 14.8 Å². The number of hydrogen-bond acceptors (Lipinski definition) is 5. The maximum Gasteiger partial charge on any atom is 0.244 e. The number of carbonyl (C=O) groups excluding carboxylic acids is 1. The number of piperidine rings is 1. The third kappa shape index (κ3) is 3.86. The summed E-state index contributed by atoms with van der Waals surface area (Å²) in [6, 6.07) is 8.50. The lowest BCUT2D eigenvalue weighted by atomic mass is 9.97. The van der Waals surface area contributed by atoms with Gasteiger partial charge in [0.05, 0.1) is 0 Å². The van der Waals surface area contributed by atoms with Gasteiger partial charge in [-0.2, -0.15) is 4.31 Å². The molecule has 138 valence electrons. The van der Waals surface area contributed by atoms with E-state index in [2.05, 4.69) is 10.3 Å². The number of nitrogens with one attached hydrogen (secondary N) is 1. The number of rotatable bonds is 4. The molecule has 26 heavy (non-hydrogen) atoms. The van der Waals surface area contributed by atoms with E-state index in [1.165, 1.54) is 22.8 Å². The maximum absolute atomic E-state index is 12.6. The van der Waals surface area contributed by atoms with Crippen molar-refractivity contribution in [1.82, 2.24) is 9.29 Å². The Balaban J connectivity index is 1.63. The number of amides is 1. The number of hydrogen-bond donors (Lipinski definition) is 2. The molecule has 7 nitrogen and oxygen atoms in total. The van der Waals surface area contributed by atoms with Crippen LogP contribution in [0.5, 0.6) is 0 Å². The summed E-state index contributed by atoms with van der Waals surface area (Å²) in [6.07, 6.45) is 3.84. The molecule has 1 amide bonds. The first-order valence-corrected chi connectivity index (χ1v) is 9.89. The Kier molecular flexibility index (Phi) is 5.24. The lowest BCUT2D eigenvalue weighted by Gasteiger charge is -2.30. The first-order valence-electron chi connectivity index (χ1n) is 8.45. The van der Waals surface area contributed by atoms with Crippen molar-refractivity contribution in [1.29, 1.82) is 0 Å². The van der Waals surface area contributed by atoms with E-state index in [1.807, 2.05) is 13.0 Å². The number of carbonyl (C=O) groups is 1. The smallest absolute Gasteiger partial charge is 0.244 e. The maximum atomic E-state index is 12.6. The highest BCUT2D eigenvalue weighted by Crippen LogP contribution is 2.25. The molecule has 1 aliphatic heterocycles. The molecule has 3 N–H and O–H groups in total. The number of benzene rings is 1. The number of nitrogens with zero attached hydrogens (tertiary/aromatic N) is 2. The zero-order valence-corrected chi connectivity index (χ0v) is 15.4. The van der Waals surface area contributed by atoms with E-state index in [4.69, 9.17) is 5.73 Å². The second-order valence-electron chi connectivity index (χ2n) is 6.43. The average molecular weight is 374 g/mol. The molecule has 0 aliphatic carbocycles. The van der Waals surface area contributed by atoms with E-state index in [0.717, 1.165) is 5.56 Å². The number of pyridine rings is 1. The topological polar surface area (TPSA) is 105 Å². The molecule has 0 spiro atoms. The minimum Gasteiger partial charge on any atom is -0.399 e. The molecule has 1 saturated heterocycles. The summed E-state index contributed by atoms with van der Waals surface area (Å²) in [4.78, 5) is 16.6. The molecule has 1 fully saturated rings. The van der Waals surface area contributed by atoms with Gasteiger partial charge in [0.25, 0.3) is 0 Å². The second kappa shape index (κ2) is 7.43. The molecule has 3 rings (SSSR count). The molecule has 0 atom stereocenters. The monoisotopic (exact) mass is 374 g/mol. The van der Waals surface area contributed by atoms with Gasteiger partial charge in [0.15, 0.2) is 0 Å². The third-order valence-electron chi connectivity index (χ3n) is 4.62. The van der Waals surface area contributed by atoms with Crippen molar-refractivity contribution in [2.45, 2.75) is 24.7 Å². The van der Waals surface area contributed by atoms with Crippen LogP contribution >= 0.6 is 0 Å². The van der Waals surface area contributed by atoms with Crippen LogP contribution in [-0.4, -0.2) is 36.7 Å². The van der Waals surface area contributed by atoms with Gasteiger partial charge >= 0.3 is 0 Å². The summed E-state index contributed by atoms with van der Waals surface area (Å²) in [5, 5.41) is 2.91. The Bertz CT molecular complexity index is 892. The third-order valence-corrected chi connectivity index (χ3v) is 6.50. The molecular formula is C18H22N4O3S. The van der Waals surface area contributed by atoms with E-state index >= 15 is 0 Å². The molecule has 1 aromatic heterocycles. The Morgan fingerprint density at radius 3 is 2.65 bits per heavy atom. The SMILES string of the molecule is Cc1ccc(N)cc1NC(=O)C1CCN(S(=O)(=O)c2cccnc2)CC1. The van der Waals surface area contributed by atoms with E-state index in [-0.39, 0.29) is 16.7 Å². The molecule has 8 heteroatoms. The van der Waals surface area contributed by atoms with Crippen molar-refractivity contribution in [2.24, 2.45) is 5.92 Å². The quantitative estimate of drug-likeness (QED) is 0.797. The fourth-order valence-corrected chi connectivity index (χ4v) is 4.45. The minimum atomic E-state index is -3.56. The first kappa shape index (κ1) is 18.3. The van der Waals surface area contributed by atoms with Crippen LogP contribution in [0.2, 0.25) is 0 Å². The second-order valence-corrected chi connectivity index (χ2v) is 8.37. The lowest BCUT2D eigenvalue weighted by Crippen LogP contribution is -2.41. The predicted octanol–water partition coefficient (Wildman–Crippen LogP) is 2.01. The van der Waals surface area contributed by atoms with E-state index in [1.54, 1.807) is 18.2 Å². The van der Waals surface area contributed by atoms with Gasteiger partial charge in [0.1, 0.15) is 4.90 Å². The molecule has 0 saturated carbocycles. The summed E-state index contributed by atoms with van der Waals surface area (Å²) in [7, 11) is -3.56. The van der Waals surface area contributed by atoms with Crippen molar-refractivity contribution in [3.8, 4) is 0 Å². The highest BCUT2D eigenvalue weighted by molar-refractivity contribution is 7.89. The normalized spacial score (nSPS) is 16.3. The number of nitrogens with two attached hydrogens (primary N) is 1. The van der Waals surface area contributed by atoms with Crippen LogP contribution in [0.1, 0.15) is 18.4 Å². The fourth-order valence-electron chi connectivity index (χ4n) is 3.02. The molecule has 2 aromatic rings. The lowest BCUT2D eigenvalue weighted by molar-refractivity contribution is -0.120. The number of aryl methyl sites for hydroxylation is 1. The minimum absolute atomic E-state index is 0.0999. The van der Waals surface area contributed by atoms with Crippen molar-refractivity contribution in [3.63, 3.8) is 0 Å². The number of nitrogen functional groups attached to an aromatic ring is 1. The van der Waals surface area contributed by atoms with E-state index in [9.17, 15) is 13.2 Å². The molecular weight excluding hydrogens is 352 g/mol. The zero-order valence-electron chi connectivity index (χ0n) is 14.6. The Morgan fingerprint density at radius 1 is 1.27 bits per heavy atom. The summed E-state index contributed by atoms with van der Waals surface area (Å²) in [6.45, 7) is 2.52. The summed E-state index contributed by atoms with van der Waals surface area (Å²) in [5.74, 6) is -0.326. The van der Waals surface area contributed by atoms with Crippen LogP contribution in [0.15, 0.2) is 47.6 Å². The molecule has 0 bridgehead atoms. The van der Waals surface area contributed by atoms with E-state index < -0.39 is 10.0 Å². The average Bonchev–Trinajstić information content (AvgIpc) is 2.65. The van der Waals surface area contributed by atoms with Gasteiger partial charge in [-0.1, -0.05) is 6.07 Å². The Labute approximate surface area is 153 Å². The van der Waals surface area contributed by atoms with Crippen LogP contribution < -0.4 is 11.1 Å². The molecule has 0 unspecified atom stereocenters. The van der Waals surface area contributed by atoms with Crippen molar-refractivity contribution in [3.05, 3.63) is 48.3 Å². The molecule has 0 radical (unpaired) electrons. The predicted molar refractivity (Wildman–Crippen MR) is 99.9 cm³/mol. The van der Waals surface area contributed by atoms with Crippen molar-refractivity contribution >= 4 is 27.3 Å². The summed E-state index contributed by atoms with van der Waals surface area (Å²) >= 11 is 0. The van der Waals surface area contributed by atoms with Crippen LogP contribution in [0.3, 0.4) is 0 Å². The van der Waals surface area contributed by atoms with E-state index in [0.29, 0.717) is 37.3 Å². The van der Waals surface area contributed by atoms with Gasteiger partial charge in [-0.05, 0) is 49.6 Å². The summed E-state index contributed by atoms with van der Waals surface area (Å²) in [5.41, 5.74) is 7.99. The van der Waals surface area contributed by atoms with Crippen molar-refractivity contribution < 1.29 is 13.2 Å². The van der Waals surface area contributed by atoms with Crippen LogP contribution in [0.4, 0.5) is 11.4 Å². The number of aromatic nitrogens is 1. The molecule has 2 heterocycles. The largest absolute Gasteiger partial charge is 0.399 e. The van der Waals surface area contributed by atoms with Crippen molar-refractivity contribution in [2.75, 3.05) is 24.1 Å². The molecule has 1 aromatic carbocycles. The Hall–Kier alpha value is -2.45. The summed E-state index contributed by atoms with van der Waals surface area (Å²) < 4.78 is 26.6. The highest BCUT2D eigenvalue weighted by atomic mass is 32.2.